The molecule has 1 unspecified atom stereocenters. The Bertz CT molecular complexity index is 612. The molecule has 1 atom stereocenters. The van der Waals surface area contributed by atoms with Gasteiger partial charge in [-0.05, 0) is 45.9 Å². The molecular formula is C17H26N4O3. The first-order valence-electron chi connectivity index (χ1n) is 8.07. The Kier molecular flexibility index (Phi) is 5.21. The van der Waals surface area contributed by atoms with Crippen LogP contribution in [0.2, 0.25) is 0 Å². The van der Waals surface area contributed by atoms with Crippen LogP contribution in [-0.2, 0) is 4.74 Å². The molecule has 1 fully saturated rings. The van der Waals surface area contributed by atoms with Crippen LogP contribution in [0, 0.1) is 0 Å². The fourth-order valence-electron chi connectivity index (χ4n) is 2.55. The van der Waals surface area contributed by atoms with Crippen molar-refractivity contribution in [2.75, 3.05) is 30.7 Å². The number of nitrogens with two attached hydrogens (primary N) is 1. The number of nitrogens with one attached hydrogen (secondary N) is 1. The van der Waals surface area contributed by atoms with Crippen molar-refractivity contribution in [1.29, 1.82) is 0 Å². The van der Waals surface area contributed by atoms with Crippen LogP contribution >= 0.6 is 0 Å². The van der Waals surface area contributed by atoms with Crippen molar-refractivity contribution in [3.05, 3.63) is 24.3 Å². The van der Waals surface area contributed by atoms with E-state index in [1.807, 2.05) is 27.7 Å². The number of ether oxygens (including phenoxy) is 1. The fraction of sp³-hybridized carbons (Fsp3) is 0.529. The SMILES string of the molecule is CC1CN(C(=O)Nc2cccc(N)c2)CCN1C(=O)OC(C)(C)C. The standard InChI is InChI=1S/C17H26N4O3/c1-12-11-20(8-9-21(12)16(23)24-17(2,3)4)15(22)19-14-7-5-6-13(18)10-14/h5-7,10,12H,8-9,11,18H2,1-4H3,(H,19,22). The highest BCUT2D eigenvalue weighted by molar-refractivity contribution is 5.90. The van der Waals surface area contributed by atoms with Crippen molar-refractivity contribution < 1.29 is 14.3 Å². The summed E-state index contributed by atoms with van der Waals surface area (Å²) in [5, 5.41) is 2.83. The number of carbonyl (C=O) groups excluding carboxylic acids is 2. The molecule has 3 amide bonds. The number of piperazine rings is 1. The maximum Gasteiger partial charge on any atom is 0.410 e. The summed E-state index contributed by atoms with van der Waals surface area (Å²) in [4.78, 5) is 27.9. The highest BCUT2D eigenvalue weighted by Crippen LogP contribution is 2.17. The Morgan fingerprint density at radius 1 is 1.29 bits per heavy atom. The third-order valence-corrected chi connectivity index (χ3v) is 3.68. The molecule has 24 heavy (non-hydrogen) atoms. The number of benzene rings is 1. The summed E-state index contributed by atoms with van der Waals surface area (Å²) < 4.78 is 5.41. The van der Waals surface area contributed by atoms with Crippen LogP contribution in [0.5, 0.6) is 0 Å². The molecule has 7 heteroatoms. The van der Waals surface area contributed by atoms with Gasteiger partial charge in [0.15, 0.2) is 0 Å². The molecule has 3 N–H and O–H groups in total. The number of anilines is 2. The largest absolute Gasteiger partial charge is 0.444 e. The van der Waals surface area contributed by atoms with E-state index < -0.39 is 5.60 Å². The van der Waals surface area contributed by atoms with E-state index >= 15 is 0 Å². The Balaban J connectivity index is 1.92. The predicted octanol–water partition coefficient (Wildman–Crippen LogP) is 2.74. The Labute approximate surface area is 142 Å². The minimum atomic E-state index is -0.529. The van der Waals surface area contributed by atoms with Gasteiger partial charge in [-0.3, -0.25) is 0 Å². The second kappa shape index (κ2) is 6.98. The van der Waals surface area contributed by atoms with Crippen LogP contribution in [0.4, 0.5) is 21.0 Å². The number of hydrogen-bond acceptors (Lipinski definition) is 4. The summed E-state index contributed by atoms with van der Waals surface area (Å²) in [7, 11) is 0. The van der Waals surface area contributed by atoms with Gasteiger partial charge >= 0.3 is 12.1 Å². The first-order chi connectivity index (χ1) is 11.2. The van der Waals surface area contributed by atoms with Gasteiger partial charge in [0.25, 0.3) is 0 Å². The van der Waals surface area contributed by atoms with Crippen molar-refractivity contribution in [3.63, 3.8) is 0 Å². The van der Waals surface area contributed by atoms with Gasteiger partial charge in [-0.25, -0.2) is 9.59 Å². The zero-order chi connectivity index (χ0) is 17.9. The third kappa shape index (κ3) is 4.78. The molecule has 1 saturated heterocycles. The van der Waals surface area contributed by atoms with Gasteiger partial charge in [-0.2, -0.15) is 0 Å². The lowest BCUT2D eigenvalue weighted by Gasteiger charge is -2.40. The topological polar surface area (TPSA) is 87.9 Å². The Hall–Kier alpha value is -2.44. The van der Waals surface area contributed by atoms with Crippen molar-refractivity contribution in [3.8, 4) is 0 Å². The van der Waals surface area contributed by atoms with E-state index in [9.17, 15) is 9.59 Å². The van der Waals surface area contributed by atoms with Crippen LogP contribution in [0.25, 0.3) is 0 Å². The number of carbonyl (C=O) groups is 2. The number of amides is 3. The van der Waals surface area contributed by atoms with Crippen molar-refractivity contribution in [2.24, 2.45) is 0 Å². The first kappa shape index (κ1) is 17.9. The molecule has 0 aliphatic carbocycles. The second-order valence-corrected chi connectivity index (χ2v) is 7.02. The van der Waals surface area contributed by atoms with Crippen molar-refractivity contribution >= 4 is 23.5 Å². The molecule has 0 radical (unpaired) electrons. The molecule has 0 saturated carbocycles. The molecule has 132 valence electrons. The zero-order valence-corrected chi connectivity index (χ0v) is 14.7. The molecule has 7 nitrogen and oxygen atoms in total. The quantitative estimate of drug-likeness (QED) is 0.773. The van der Waals surface area contributed by atoms with Gasteiger partial charge in [-0.15, -0.1) is 0 Å². The number of nitrogen functional groups attached to an aromatic ring is 1. The number of hydrogen-bond donors (Lipinski definition) is 2. The fourth-order valence-corrected chi connectivity index (χ4v) is 2.55. The van der Waals surface area contributed by atoms with Gasteiger partial charge in [0.2, 0.25) is 0 Å². The average Bonchev–Trinajstić information content (AvgIpc) is 2.45. The second-order valence-electron chi connectivity index (χ2n) is 7.02. The summed E-state index contributed by atoms with van der Waals surface area (Å²) in [5.74, 6) is 0. The summed E-state index contributed by atoms with van der Waals surface area (Å²) in [5.41, 5.74) is 6.43. The molecule has 2 rings (SSSR count). The minimum Gasteiger partial charge on any atom is -0.444 e. The molecule has 1 heterocycles. The van der Waals surface area contributed by atoms with E-state index in [1.165, 1.54) is 0 Å². The third-order valence-electron chi connectivity index (χ3n) is 3.68. The van der Waals surface area contributed by atoms with E-state index in [0.29, 0.717) is 31.0 Å². The lowest BCUT2D eigenvalue weighted by atomic mass is 10.2. The molecule has 1 aliphatic rings. The zero-order valence-electron chi connectivity index (χ0n) is 14.7. The molecule has 1 aromatic rings. The van der Waals surface area contributed by atoms with Crippen LogP contribution < -0.4 is 11.1 Å². The van der Waals surface area contributed by atoms with Gasteiger partial charge in [0.05, 0.1) is 0 Å². The summed E-state index contributed by atoms with van der Waals surface area (Å²) in [6, 6.07) is 6.73. The van der Waals surface area contributed by atoms with E-state index in [1.54, 1.807) is 34.1 Å². The Morgan fingerprint density at radius 3 is 2.58 bits per heavy atom. The van der Waals surface area contributed by atoms with Crippen LogP contribution in [0.1, 0.15) is 27.7 Å². The molecule has 0 bridgehead atoms. The van der Waals surface area contributed by atoms with E-state index in [4.69, 9.17) is 10.5 Å². The molecular weight excluding hydrogens is 308 g/mol. The van der Waals surface area contributed by atoms with Crippen molar-refractivity contribution in [2.45, 2.75) is 39.3 Å². The van der Waals surface area contributed by atoms with E-state index in [2.05, 4.69) is 5.32 Å². The van der Waals surface area contributed by atoms with Crippen molar-refractivity contribution in [1.82, 2.24) is 9.80 Å². The lowest BCUT2D eigenvalue weighted by molar-refractivity contribution is 0.00589. The maximum absolute atomic E-state index is 12.4. The molecule has 1 aliphatic heterocycles. The number of nitrogens with zero attached hydrogens (tertiary/aromatic N) is 2. The van der Waals surface area contributed by atoms with Gasteiger partial charge in [-0.1, -0.05) is 6.07 Å². The number of rotatable bonds is 1. The monoisotopic (exact) mass is 334 g/mol. The predicted molar refractivity (Wildman–Crippen MR) is 93.8 cm³/mol. The summed E-state index contributed by atoms with van der Waals surface area (Å²) in [6.45, 7) is 8.77. The van der Waals surface area contributed by atoms with Gasteiger partial charge in [0, 0.05) is 37.1 Å². The summed E-state index contributed by atoms with van der Waals surface area (Å²) in [6.07, 6.45) is -0.342. The smallest absolute Gasteiger partial charge is 0.410 e. The van der Waals surface area contributed by atoms with E-state index in [0.717, 1.165) is 0 Å². The molecule has 0 aromatic heterocycles. The Morgan fingerprint density at radius 2 is 2.00 bits per heavy atom. The summed E-state index contributed by atoms with van der Waals surface area (Å²) >= 11 is 0. The van der Waals surface area contributed by atoms with Crippen LogP contribution in [0.15, 0.2) is 24.3 Å². The highest BCUT2D eigenvalue weighted by Gasteiger charge is 2.32. The average molecular weight is 334 g/mol. The number of urea groups is 1. The van der Waals surface area contributed by atoms with Crippen LogP contribution in [0.3, 0.4) is 0 Å². The first-order valence-corrected chi connectivity index (χ1v) is 8.07. The highest BCUT2D eigenvalue weighted by atomic mass is 16.6. The van der Waals surface area contributed by atoms with Crippen LogP contribution in [-0.4, -0.2) is 53.2 Å². The maximum atomic E-state index is 12.4. The van der Waals surface area contributed by atoms with Gasteiger partial charge in [0.1, 0.15) is 5.60 Å². The molecule has 0 spiro atoms. The van der Waals surface area contributed by atoms with Gasteiger partial charge < -0.3 is 25.6 Å². The van der Waals surface area contributed by atoms with E-state index in [-0.39, 0.29) is 18.2 Å². The lowest BCUT2D eigenvalue weighted by Crippen LogP contribution is -2.57. The molecule has 1 aromatic carbocycles. The minimum absolute atomic E-state index is 0.111. The normalized spacial score (nSPS) is 18.2.